The quantitative estimate of drug-likeness (QED) is 0.854. The Morgan fingerprint density at radius 3 is 3.11 bits per heavy atom. The van der Waals surface area contributed by atoms with Crippen molar-refractivity contribution in [2.75, 3.05) is 6.54 Å². The van der Waals surface area contributed by atoms with Gasteiger partial charge in [-0.15, -0.1) is 0 Å². The summed E-state index contributed by atoms with van der Waals surface area (Å²) < 4.78 is 0. The van der Waals surface area contributed by atoms with Crippen molar-refractivity contribution >= 4 is 11.2 Å². The lowest BCUT2D eigenvalue weighted by Gasteiger charge is -2.28. The Morgan fingerprint density at radius 1 is 1.44 bits per heavy atom. The molecule has 4 heteroatoms. The highest BCUT2D eigenvalue weighted by molar-refractivity contribution is 5.74. The van der Waals surface area contributed by atoms with Crippen LogP contribution in [-0.2, 0) is 0 Å². The van der Waals surface area contributed by atoms with E-state index in [4.69, 9.17) is 0 Å². The molecule has 1 aliphatic rings. The van der Waals surface area contributed by atoms with Crippen molar-refractivity contribution in [1.82, 2.24) is 20.3 Å². The number of rotatable bonds is 2. The summed E-state index contributed by atoms with van der Waals surface area (Å²) in [7, 11) is 0. The van der Waals surface area contributed by atoms with Gasteiger partial charge < -0.3 is 10.3 Å². The summed E-state index contributed by atoms with van der Waals surface area (Å²) in [4.78, 5) is 12.4. The van der Waals surface area contributed by atoms with E-state index in [2.05, 4.69) is 34.1 Å². The summed E-state index contributed by atoms with van der Waals surface area (Å²) in [6, 6.07) is 2.38. The number of hydrogen-bond donors (Lipinski definition) is 2. The van der Waals surface area contributed by atoms with E-state index in [9.17, 15) is 0 Å². The number of piperidine rings is 1. The molecule has 0 saturated carbocycles. The lowest BCUT2D eigenvalue weighted by molar-refractivity contribution is 0.292. The van der Waals surface area contributed by atoms with Gasteiger partial charge in [0.25, 0.3) is 0 Å². The number of aromatic nitrogens is 3. The molecule has 1 fully saturated rings. The minimum Gasteiger partial charge on any atom is -0.339 e. The molecule has 1 saturated heterocycles. The fourth-order valence-electron chi connectivity index (χ4n) is 2.79. The number of fused-ring (bicyclic) bond motifs is 1. The molecule has 0 aromatic carbocycles. The molecular formula is C14H20N4. The van der Waals surface area contributed by atoms with E-state index in [1.54, 1.807) is 0 Å². The van der Waals surface area contributed by atoms with Crippen LogP contribution in [0.15, 0.2) is 12.3 Å². The number of hydrogen-bond acceptors (Lipinski definition) is 3. The molecule has 2 N–H and O–H groups in total. The molecule has 96 valence electrons. The Bertz CT molecular complexity index is 546. The van der Waals surface area contributed by atoms with E-state index in [1.807, 2.05) is 12.3 Å². The molecule has 0 aliphatic carbocycles. The second-order valence-electron chi connectivity index (χ2n) is 5.25. The fraction of sp³-hybridized carbons (Fsp3) is 0.571. The van der Waals surface area contributed by atoms with Crippen molar-refractivity contribution in [2.45, 2.75) is 39.2 Å². The second kappa shape index (κ2) is 4.69. The Morgan fingerprint density at radius 2 is 2.33 bits per heavy atom. The maximum absolute atomic E-state index is 4.64. The molecule has 2 aromatic rings. The van der Waals surface area contributed by atoms with Gasteiger partial charge >= 0.3 is 0 Å². The number of aryl methyl sites for hydroxylation is 1. The normalized spacial score (nSPS) is 24.6. The van der Waals surface area contributed by atoms with Crippen LogP contribution in [0.25, 0.3) is 11.2 Å². The largest absolute Gasteiger partial charge is 0.339 e. The minimum atomic E-state index is 0.359. The summed E-state index contributed by atoms with van der Waals surface area (Å²) in [5.41, 5.74) is 3.12. The van der Waals surface area contributed by atoms with Gasteiger partial charge in [-0.25, -0.2) is 9.97 Å². The lowest BCUT2D eigenvalue weighted by atomic mass is 9.90. The summed E-state index contributed by atoms with van der Waals surface area (Å²) in [6.07, 6.45) is 5.54. The van der Waals surface area contributed by atoms with Crippen molar-refractivity contribution in [3.63, 3.8) is 0 Å². The molecular weight excluding hydrogens is 224 g/mol. The van der Waals surface area contributed by atoms with Crippen LogP contribution in [0.2, 0.25) is 0 Å². The van der Waals surface area contributed by atoms with Crippen LogP contribution in [0.5, 0.6) is 0 Å². The highest BCUT2D eigenvalue weighted by Crippen LogP contribution is 2.28. The molecule has 3 rings (SSSR count). The molecule has 1 aliphatic heterocycles. The van der Waals surface area contributed by atoms with E-state index in [0.29, 0.717) is 6.04 Å². The fourth-order valence-corrected chi connectivity index (χ4v) is 2.79. The van der Waals surface area contributed by atoms with Gasteiger partial charge in [-0.1, -0.05) is 13.3 Å². The van der Waals surface area contributed by atoms with Gasteiger partial charge in [-0.05, 0) is 43.9 Å². The molecule has 2 aromatic heterocycles. The van der Waals surface area contributed by atoms with Gasteiger partial charge in [-0.3, -0.25) is 0 Å². The third-order valence-corrected chi connectivity index (χ3v) is 4.04. The Hall–Kier alpha value is -1.42. The standard InChI is InChI=1S/C14H20N4/c1-3-10-5-7-15-11(8-10)13-17-12-9(2)4-6-16-14(12)18-13/h4,6,10-11,15H,3,5,7-8H2,1-2H3,(H,16,17,18). The zero-order chi connectivity index (χ0) is 12.5. The van der Waals surface area contributed by atoms with Crippen LogP contribution in [-0.4, -0.2) is 21.5 Å². The van der Waals surface area contributed by atoms with Gasteiger partial charge in [0.1, 0.15) is 5.82 Å². The van der Waals surface area contributed by atoms with Crippen molar-refractivity contribution in [2.24, 2.45) is 5.92 Å². The van der Waals surface area contributed by atoms with Crippen LogP contribution in [0, 0.1) is 12.8 Å². The van der Waals surface area contributed by atoms with Crippen LogP contribution >= 0.6 is 0 Å². The van der Waals surface area contributed by atoms with Gasteiger partial charge in [0, 0.05) is 6.20 Å². The zero-order valence-electron chi connectivity index (χ0n) is 11.0. The smallest absolute Gasteiger partial charge is 0.178 e. The number of H-pyrrole nitrogens is 1. The molecule has 0 spiro atoms. The van der Waals surface area contributed by atoms with Gasteiger partial charge in [0.2, 0.25) is 0 Å². The molecule has 18 heavy (non-hydrogen) atoms. The third kappa shape index (κ3) is 2.01. The average Bonchev–Trinajstić information content (AvgIpc) is 2.84. The number of nitrogens with one attached hydrogen (secondary N) is 2. The predicted molar refractivity (Wildman–Crippen MR) is 72.4 cm³/mol. The molecule has 0 bridgehead atoms. The van der Waals surface area contributed by atoms with E-state index < -0.39 is 0 Å². The highest BCUT2D eigenvalue weighted by atomic mass is 15.1. The summed E-state index contributed by atoms with van der Waals surface area (Å²) in [5.74, 6) is 1.86. The first-order chi connectivity index (χ1) is 8.78. The van der Waals surface area contributed by atoms with Crippen molar-refractivity contribution < 1.29 is 0 Å². The van der Waals surface area contributed by atoms with Crippen molar-refractivity contribution in [3.05, 3.63) is 23.7 Å². The Balaban J connectivity index is 1.92. The topological polar surface area (TPSA) is 53.6 Å². The van der Waals surface area contributed by atoms with Crippen LogP contribution in [0.4, 0.5) is 0 Å². The van der Waals surface area contributed by atoms with Gasteiger partial charge in [0.05, 0.1) is 11.6 Å². The Labute approximate surface area is 107 Å². The lowest BCUT2D eigenvalue weighted by Crippen LogP contribution is -2.32. The number of pyridine rings is 1. The molecule has 2 atom stereocenters. The predicted octanol–water partition coefficient (Wildman–Crippen LogP) is 2.72. The number of nitrogens with zero attached hydrogens (tertiary/aromatic N) is 2. The van der Waals surface area contributed by atoms with Crippen LogP contribution in [0.3, 0.4) is 0 Å². The number of aromatic amines is 1. The van der Waals surface area contributed by atoms with Crippen LogP contribution in [0.1, 0.15) is 43.6 Å². The first-order valence-electron chi connectivity index (χ1n) is 6.82. The first-order valence-corrected chi connectivity index (χ1v) is 6.82. The van der Waals surface area contributed by atoms with E-state index in [-0.39, 0.29) is 0 Å². The maximum atomic E-state index is 4.64. The average molecular weight is 244 g/mol. The summed E-state index contributed by atoms with van der Waals surface area (Å²) in [5, 5.41) is 3.56. The first kappa shape index (κ1) is 11.7. The number of imidazole rings is 1. The van der Waals surface area contributed by atoms with Gasteiger partial charge in [0.15, 0.2) is 5.65 Å². The second-order valence-corrected chi connectivity index (χ2v) is 5.25. The monoisotopic (exact) mass is 244 g/mol. The maximum Gasteiger partial charge on any atom is 0.178 e. The summed E-state index contributed by atoms with van der Waals surface area (Å²) >= 11 is 0. The SMILES string of the molecule is CCC1CCNC(c2nc3nccc(C)c3[nH]2)C1. The van der Waals surface area contributed by atoms with E-state index in [1.165, 1.54) is 24.8 Å². The third-order valence-electron chi connectivity index (χ3n) is 4.04. The molecule has 0 amide bonds. The van der Waals surface area contributed by atoms with Crippen LogP contribution < -0.4 is 5.32 Å². The molecule has 3 heterocycles. The molecule has 2 unspecified atom stereocenters. The van der Waals surface area contributed by atoms with Crippen molar-refractivity contribution in [3.8, 4) is 0 Å². The molecule has 0 radical (unpaired) electrons. The van der Waals surface area contributed by atoms with Crippen molar-refractivity contribution in [1.29, 1.82) is 0 Å². The summed E-state index contributed by atoms with van der Waals surface area (Å²) in [6.45, 7) is 5.46. The van der Waals surface area contributed by atoms with E-state index in [0.717, 1.165) is 29.5 Å². The van der Waals surface area contributed by atoms with E-state index >= 15 is 0 Å². The zero-order valence-corrected chi connectivity index (χ0v) is 11.0. The molecule has 4 nitrogen and oxygen atoms in total. The van der Waals surface area contributed by atoms with Gasteiger partial charge in [-0.2, -0.15) is 0 Å². The Kier molecular flexibility index (Phi) is 3.04. The highest BCUT2D eigenvalue weighted by Gasteiger charge is 2.24. The minimum absolute atomic E-state index is 0.359.